The molecule has 0 atom stereocenters. The summed E-state index contributed by atoms with van der Waals surface area (Å²) in [6.07, 6.45) is 2.77. The van der Waals surface area contributed by atoms with Crippen LogP contribution in [0.1, 0.15) is 18.4 Å². The van der Waals surface area contributed by atoms with E-state index in [1.54, 1.807) is 26.8 Å². The molecule has 0 spiro atoms. The number of hydrogen-bond donors (Lipinski definition) is 5. The smallest absolute Gasteiger partial charge is 0.317 e. The van der Waals surface area contributed by atoms with E-state index in [2.05, 4.69) is 31.0 Å². The second-order valence-electron chi connectivity index (χ2n) is 11.4. The van der Waals surface area contributed by atoms with Crippen LogP contribution in [-0.4, -0.2) is 177 Å². The standard InChI is InChI=1S/C30H44N10O8/c41-25(17-23-3-5-24(6-4-23)30-35-33-22-34-36-30)31-7-1-2-8-32-26(42)18-37-9-11-38(19-27(43)44)13-15-40(21-29(47)48)16-14-39(12-10-37)20-28(45)46/h3-6,22H,1-2,7-21H2,(H,31,41)(H,32,42)(H,43,44)(H,45,46)(H,47,48). The molecular formula is C30H44N10O8. The van der Waals surface area contributed by atoms with Crippen molar-refractivity contribution < 1.29 is 39.3 Å². The third-order valence-corrected chi connectivity index (χ3v) is 7.61. The zero-order valence-electron chi connectivity index (χ0n) is 26.9. The Morgan fingerprint density at radius 2 is 0.979 bits per heavy atom. The minimum atomic E-state index is -1.02. The Bertz CT molecular complexity index is 1300. The van der Waals surface area contributed by atoms with Crippen molar-refractivity contribution in [1.82, 2.24) is 50.6 Å². The fourth-order valence-electron chi connectivity index (χ4n) is 5.09. The topological polar surface area (TPSA) is 235 Å². The Hall–Kier alpha value is -4.65. The maximum Gasteiger partial charge on any atom is 0.317 e. The lowest BCUT2D eigenvalue weighted by atomic mass is 10.1. The largest absolute Gasteiger partial charge is 0.480 e. The van der Waals surface area contributed by atoms with Gasteiger partial charge in [0.05, 0.1) is 32.6 Å². The van der Waals surface area contributed by atoms with Crippen LogP contribution >= 0.6 is 0 Å². The maximum atomic E-state index is 12.8. The van der Waals surface area contributed by atoms with Crippen molar-refractivity contribution in [3.8, 4) is 11.4 Å². The number of aliphatic carboxylic acids is 3. The zero-order chi connectivity index (χ0) is 34.7. The number of amides is 2. The van der Waals surface area contributed by atoms with Crippen molar-refractivity contribution >= 4 is 29.7 Å². The van der Waals surface area contributed by atoms with Crippen LogP contribution in [0.25, 0.3) is 11.4 Å². The first-order valence-corrected chi connectivity index (χ1v) is 15.7. The summed E-state index contributed by atoms with van der Waals surface area (Å²) in [4.78, 5) is 66.4. The summed E-state index contributed by atoms with van der Waals surface area (Å²) in [5.41, 5.74) is 1.58. The molecule has 0 radical (unpaired) electrons. The minimum absolute atomic E-state index is 0.0475. The molecule has 2 amide bonds. The van der Waals surface area contributed by atoms with Crippen LogP contribution in [0, 0.1) is 0 Å². The molecule has 48 heavy (non-hydrogen) atoms. The van der Waals surface area contributed by atoms with E-state index in [0.29, 0.717) is 84.1 Å². The van der Waals surface area contributed by atoms with E-state index in [9.17, 15) is 39.3 Å². The molecule has 1 aromatic heterocycles. The van der Waals surface area contributed by atoms with Crippen molar-refractivity contribution in [2.45, 2.75) is 19.3 Å². The number of aromatic nitrogens is 4. The van der Waals surface area contributed by atoms with Gasteiger partial charge < -0.3 is 26.0 Å². The fourth-order valence-corrected chi connectivity index (χ4v) is 5.09. The Kier molecular flexibility index (Phi) is 16.2. The number of nitrogens with zero attached hydrogens (tertiary/aromatic N) is 8. The molecule has 262 valence electrons. The number of unbranched alkanes of at least 4 members (excludes halogenated alkanes) is 1. The average molecular weight is 673 g/mol. The first-order valence-electron chi connectivity index (χ1n) is 15.7. The third-order valence-electron chi connectivity index (χ3n) is 7.61. The average Bonchev–Trinajstić information content (AvgIpc) is 3.04. The van der Waals surface area contributed by atoms with Crippen LogP contribution in [0.4, 0.5) is 0 Å². The van der Waals surface area contributed by atoms with Gasteiger partial charge >= 0.3 is 17.9 Å². The molecule has 2 aromatic rings. The molecule has 3 rings (SSSR count). The summed E-state index contributed by atoms with van der Waals surface area (Å²) in [6.45, 7) is 2.83. The Morgan fingerprint density at radius 1 is 0.583 bits per heavy atom. The summed E-state index contributed by atoms with van der Waals surface area (Å²) < 4.78 is 0. The normalized spacial score (nSPS) is 15.9. The van der Waals surface area contributed by atoms with Crippen LogP contribution in [0.15, 0.2) is 30.6 Å². The molecule has 1 saturated heterocycles. The van der Waals surface area contributed by atoms with Gasteiger partial charge in [-0.15, -0.1) is 20.4 Å². The first-order chi connectivity index (χ1) is 23.1. The van der Waals surface area contributed by atoms with E-state index < -0.39 is 17.9 Å². The Balaban J connectivity index is 1.41. The monoisotopic (exact) mass is 672 g/mol. The van der Waals surface area contributed by atoms with Gasteiger partial charge in [0.25, 0.3) is 0 Å². The quantitative estimate of drug-likeness (QED) is 0.121. The van der Waals surface area contributed by atoms with E-state index in [1.165, 1.54) is 6.33 Å². The number of carbonyl (C=O) groups is 5. The molecule has 0 saturated carbocycles. The molecule has 18 nitrogen and oxygen atoms in total. The van der Waals surface area contributed by atoms with Gasteiger partial charge in [-0.2, -0.15) is 0 Å². The molecule has 1 fully saturated rings. The maximum absolute atomic E-state index is 12.8. The molecular weight excluding hydrogens is 628 g/mol. The Labute approximate surface area is 278 Å². The van der Waals surface area contributed by atoms with Crippen LogP contribution < -0.4 is 10.6 Å². The van der Waals surface area contributed by atoms with Gasteiger partial charge in [-0.1, -0.05) is 24.3 Å². The highest BCUT2D eigenvalue weighted by molar-refractivity contribution is 5.79. The number of hydrogen-bond acceptors (Lipinski definition) is 13. The van der Waals surface area contributed by atoms with E-state index in [-0.39, 0.29) is 44.4 Å². The molecule has 1 aliphatic rings. The second kappa shape index (κ2) is 20.6. The molecule has 0 bridgehead atoms. The molecule has 18 heteroatoms. The van der Waals surface area contributed by atoms with E-state index >= 15 is 0 Å². The fraction of sp³-hybridized carbons (Fsp3) is 0.567. The van der Waals surface area contributed by atoms with Crippen LogP contribution in [0.5, 0.6) is 0 Å². The first kappa shape index (κ1) is 37.8. The summed E-state index contributed by atoms with van der Waals surface area (Å²) >= 11 is 0. The van der Waals surface area contributed by atoms with E-state index in [0.717, 1.165) is 11.1 Å². The molecule has 1 aliphatic heterocycles. The van der Waals surface area contributed by atoms with Gasteiger partial charge in [-0.05, 0) is 18.4 Å². The lowest BCUT2D eigenvalue weighted by molar-refractivity contribution is -0.140. The highest BCUT2D eigenvalue weighted by Crippen LogP contribution is 2.14. The number of nitrogens with one attached hydrogen (secondary N) is 2. The summed E-state index contributed by atoms with van der Waals surface area (Å²) in [5.74, 6) is -2.98. The van der Waals surface area contributed by atoms with Crippen molar-refractivity contribution in [3.63, 3.8) is 0 Å². The van der Waals surface area contributed by atoms with Crippen molar-refractivity contribution in [2.75, 3.05) is 91.6 Å². The van der Waals surface area contributed by atoms with Crippen LogP contribution in [-0.2, 0) is 30.4 Å². The van der Waals surface area contributed by atoms with Gasteiger partial charge in [0, 0.05) is 71.0 Å². The van der Waals surface area contributed by atoms with Gasteiger partial charge in [0.1, 0.15) is 0 Å². The van der Waals surface area contributed by atoms with E-state index in [4.69, 9.17) is 0 Å². The lowest BCUT2D eigenvalue weighted by Crippen LogP contribution is -2.49. The van der Waals surface area contributed by atoms with Gasteiger partial charge in [-0.3, -0.25) is 43.6 Å². The van der Waals surface area contributed by atoms with Crippen molar-refractivity contribution in [2.24, 2.45) is 0 Å². The third kappa shape index (κ3) is 15.3. The number of rotatable bonds is 16. The van der Waals surface area contributed by atoms with Gasteiger partial charge in [0.2, 0.25) is 17.6 Å². The van der Waals surface area contributed by atoms with E-state index in [1.807, 2.05) is 17.0 Å². The van der Waals surface area contributed by atoms with Crippen LogP contribution in [0.3, 0.4) is 0 Å². The predicted molar refractivity (Wildman–Crippen MR) is 171 cm³/mol. The Morgan fingerprint density at radius 3 is 1.40 bits per heavy atom. The molecule has 0 aliphatic carbocycles. The predicted octanol–water partition coefficient (Wildman–Crippen LogP) is -2.04. The van der Waals surface area contributed by atoms with Gasteiger partial charge in [-0.25, -0.2) is 0 Å². The summed E-state index contributed by atoms with van der Waals surface area (Å²) in [5, 5.41) is 49.0. The SMILES string of the molecule is O=C(O)CN1CCN(CC(=O)O)CCN(CC(=O)NCCCCNC(=O)Cc2ccc(-c3nncnn3)cc2)CCN(CC(=O)O)CC1. The summed E-state index contributed by atoms with van der Waals surface area (Å²) in [7, 11) is 0. The van der Waals surface area contributed by atoms with Gasteiger partial charge in [0.15, 0.2) is 6.33 Å². The number of carboxylic acids is 3. The zero-order valence-corrected chi connectivity index (χ0v) is 26.9. The minimum Gasteiger partial charge on any atom is -0.480 e. The second-order valence-corrected chi connectivity index (χ2v) is 11.4. The molecule has 5 N–H and O–H groups in total. The number of carboxylic acid groups (broad SMARTS) is 3. The molecule has 1 aromatic carbocycles. The van der Waals surface area contributed by atoms with Crippen molar-refractivity contribution in [1.29, 1.82) is 0 Å². The highest BCUT2D eigenvalue weighted by atomic mass is 16.4. The number of benzene rings is 1. The highest BCUT2D eigenvalue weighted by Gasteiger charge is 2.21. The molecule has 2 heterocycles. The number of carbonyl (C=O) groups excluding carboxylic acids is 2. The summed E-state index contributed by atoms with van der Waals surface area (Å²) in [6, 6.07) is 7.25. The van der Waals surface area contributed by atoms with Crippen LogP contribution in [0.2, 0.25) is 0 Å². The lowest BCUT2D eigenvalue weighted by Gasteiger charge is -2.32. The van der Waals surface area contributed by atoms with Crippen molar-refractivity contribution in [3.05, 3.63) is 36.2 Å². The molecule has 0 unspecified atom stereocenters.